The molecule has 1 aromatic rings. The molecule has 0 amide bonds. The molecule has 1 N–H and O–H groups in total. The predicted molar refractivity (Wildman–Crippen MR) is 57.7 cm³/mol. The van der Waals surface area contributed by atoms with Crippen LogP contribution in [0.3, 0.4) is 0 Å². The standard InChI is InChI=1S/C10H14F3NOS/c1-7-3-4-9(16-7)8(14-2)5-15-6-10(11,12)13/h3-4,8,14H,5-6H2,1-2H3. The highest BCUT2D eigenvalue weighted by molar-refractivity contribution is 7.12. The van der Waals surface area contributed by atoms with Crippen LogP contribution < -0.4 is 5.32 Å². The van der Waals surface area contributed by atoms with E-state index in [9.17, 15) is 13.2 Å². The Morgan fingerprint density at radius 1 is 1.44 bits per heavy atom. The van der Waals surface area contributed by atoms with Crippen LogP contribution >= 0.6 is 11.3 Å². The molecular weight excluding hydrogens is 239 g/mol. The quantitative estimate of drug-likeness (QED) is 0.871. The van der Waals surface area contributed by atoms with E-state index in [1.54, 1.807) is 18.4 Å². The SMILES string of the molecule is CNC(COCC(F)(F)F)c1ccc(C)s1. The van der Waals surface area contributed by atoms with Gasteiger partial charge in [0.05, 0.1) is 12.6 Å². The van der Waals surface area contributed by atoms with Crippen LogP contribution in [0.2, 0.25) is 0 Å². The van der Waals surface area contributed by atoms with Crippen LogP contribution in [0.1, 0.15) is 15.8 Å². The lowest BCUT2D eigenvalue weighted by molar-refractivity contribution is -0.175. The summed E-state index contributed by atoms with van der Waals surface area (Å²) in [7, 11) is 1.71. The maximum Gasteiger partial charge on any atom is 0.411 e. The third kappa shape index (κ3) is 4.51. The highest BCUT2D eigenvalue weighted by Gasteiger charge is 2.28. The molecule has 0 radical (unpaired) electrons. The fourth-order valence-electron chi connectivity index (χ4n) is 1.24. The van der Waals surface area contributed by atoms with E-state index in [1.165, 1.54) is 0 Å². The largest absolute Gasteiger partial charge is 0.411 e. The minimum Gasteiger partial charge on any atom is -0.370 e. The smallest absolute Gasteiger partial charge is 0.370 e. The van der Waals surface area contributed by atoms with Crippen molar-refractivity contribution in [2.75, 3.05) is 20.3 Å². The van der Waals surface area contributed by atoms with Gasteiger partial charge in [0, 0.05) is 9.75 Å². The highest BCUT2D eigenvalue weighted by atomic mass is 32.1. The monoisotopic (exact) mass is 253 g/mol. The third-order valence-electron chi connectivity index (χ3n) is 2.00. The van der Waals surface area contributed by atoms with Gasteiger partial charge in [0.25, 0.3) is 0 Å². The zero-order valence-electron chi connectivity index (χ0n) is 9.10. The summed E-state index contributed by atoms with van der Waals surface area (Å²) >= 11 is 1.55. The Balaban J connectivity index is 2.44. The molecule has 2 nitrogen and oxygen atoms in total. The van der Waals surface area contributed by atoms with Gasteiger partial charge in [-0.1, -0.05) is 0 Å². The van der Waals surface area contributed by atoms with Crippen LogP contribution in [0.15, 0.2) is 12.1 Å². The average Bonchev–Trinajstić information content (AvgIpc) is 2.58. The molecular formula is C10H14F3NOS. The van der Waals surface area contributed by atoms with Crippen LogP contribution in [0.25, 0.3) is 0 Å². The number of halogens is 3. The van der Waals surface area contributed by atoms with Crippen molar-refractivity contribution in [2.24, 2.45) is 0 Å². The van der Waals surface area contributed by atoms with Crippen molar-refractivity contribution in [2.45, 2.75) is 19.1 Å². The molecule has 6 heteroatoms. The average molecular weight is 253 g/mol. The lowest BCUT2D eigenvalue weighted by Crippen LogP contribution is -2.25. The second kappa shape index (κ2) is 5.65. The van der Waals surface area contributed by atoms with E-state index in [1.807, 2.05) is 19.1 Å². The van der Waals surface area contributed by atoms with Gasteiger partial charge in [-0.2, -0.15) is 13.2 Å². The highest BCUT2D eigenvalue weighted by Crippen LogP contribution is 2.23. The van der Waals surface area contributed by atoms with E-state index in [-0.39, 0.29) is 12.6 Å². The first kappa shape index (κ1) is 13.5. The molecule has 92 valence electrons. The number of hydrogen-bond acceptors (Lipinski definition) is 3. The number of alkyl halides is 3. The van der Waals surface area contributed by atoms with Crippen molar-refractivity contribution in [3.63, 3.8) is 0 Å². The topological polar surface area (TPSA) is 21.3 Å². The van der Waals surface area contributed by atoms with Crippen molar-refractivity contribution in [3.05, 3.63) is 21.9 Å². The van der Waals surface area contributed by atoms with E-state index in [0.717, 1.165) is 9.75 Å². The Bertz CT molecular complexity index is 324. The van der Waals surface area contributed by atoms with Crippen LogP contribution in [0.5, 0.6) is 0 Å². The van der Waals surface area contributed by atoms with Crippen molar-refractivity contribution in [1.82, 2.24) is 5.32 Å². The first-order valence-corrected chi connectivity index (χ1v) is 5.62. The number of thiophene rings is 1. The molecule has 1 rings (SSSR count). The van der Waals surface area contributed by atoms with Gasteiger partial charge >= 0.3 is 6.18 Å². The van der Waals surface area contributed by atoms with Gasteiger partial charge in [0.1, 0.15) is 6.61 Å². The minimum atomic E-state index is -4.26. The van der Waals surface area contributed by atoms with Crippen LogP contribution in [0.4, 0.5) is 13.2 Å². The van der Waals surface area contributed by atoms with Crippen molar-refractivity contribution in [3.8, 4) is 0 Å². The molecule has 0 saturated heterocycles. The number of rotatable bonds is 5. The third-order valence-corrected chi connectivity index (χ3v) is 3.12. The fraction of sp³-hybridized carbons (Fsp3) is 0.600. The summed E-state index contributed by atoms with van der Waals surface area (Å²) < 4.78 is 40.3. The van der Waals surface area contributed by atoms with Crippen LogP contribution in [0, 0.1) is 6.92 Å². The number of hydrogen-bond donors (Lipinski definition) is 1. The van der Waals surface area contributed by atoms with Gasteiger partial charge < -0.3 is 10.1 Å². The maximum atomic E-state index is 11.9. The van der Waals surface area contributed by atoms with E-state index in [2.05, 4.69) is 10.1 Å². The van der Waals surface area contributed by atoms with Crippen LogP contribution in [-0.2, 0) is 4.74 Å². The first-order valence-electron chi connectivity index (χ1n) is 4.80. The molecule has 0 aromatic carbocycles. The number of aryl methyl sites for hydroxylation is 1. The predicted octanol–water partition coefficient (Wildman–Crippen LogP) is 2.90. The van der Waals surface area contributed by atoms with Gasteiger partial charge in [-0.05, 0) is 26.1 Å². The molecule has 1 heterocycles. The van der Waals surface area contributed by atoms with Gasteiger partial charge in [-0.15, -0.1) is 11.3 Å². The molecule has 0 spiro atoms. The van der Waals surface area contributed by atoms with Gasteiger partial charge in [0.15, 0.2) is 0 Å². The number of likely N-dealkylation sites (N-methyl/N-ethyl adjacent to an activating group) is 1. The summed E-state index contributed by atoms with van der Waals surface area (Å²) in [5.41, 5.74) is 0. The Morgan fingerprint density at radius 2 is 2.12 bits per heavy atom. The van der Waals surface area contributed by atoms with E-state index >= 15 is 0 Å². The number of ether oxygens (including phenoxy) is 1. The summed E-state index contributed by atoms with van der Waals surface area (Å²) in [6.07, 6.45) is -4.26. The maximum absolute atomic E-state index is 11.9. The molecule has 1 atom stereocenters. The summed E-state index contributed by atoms with van der Waals surface area (Å²) in [5.74, 6) is 0. The molecule has 0 aliphatic heterocycles. The van der Waals surface area contributed by atoms with Gasteiger partial charge in [0.2, 0.25) is 0 Å². The Hall–Kier alpha value is -0.590. The van der Waals surface area contributed by atoms with Gasteiger partial charge in [-0.3, -0.25) is 0 Å². The van der Waals surface area contributed by atoms with E-state index < -0.39 is 12.8 Å². The van der Waals surface area contributed by atoms with Gasteiger partial charge in [-0.25, -0.2) is 0 Å². The summed E-state index contributed by atoms with van der Waals surface area (Å²) in [6.45, 7) is 0.781. The zero-order valence-corrected chi connectivity index (χ0v) is 9.91. The van der Waals surface area contributed by atoms with E-state index in [4.69, 9.17) is 0 Å². The molecule has 0 aliphatic rings. The molecule has 1 aromatic heterocycles. The summed E-state index contributed by atoms with van der Waals surface area (Å²) in [5, 5.41) is 2.94. The fourth-order valence-corrected chi connectivity index (χ4v) is 2.21. The molecule has 0 saturated carbocycles. The molecule has 0 bridgehead atoms. The molecule has 16 heavy (non-hydrogen) atoms. The minimum absolute atomic E-state index is 0.0238. The lowest BCUT2D eigenvalue weighted by Gasteiger charge is -2.15. The molecule has 0 fully saturated rings. The number of nitrogens with one attached hydrogen (secondary N) is 1. The zero-order chi connectivity index (χ0) is 12.2. The Labute approximate surface area is 96.4 Å². The Morgan fingerprint density at radius 3 is 2.56 bits per heavy atom. The Kier molecular flexibility index (Phi) is 4.76. The molecule has 1 unspecified atom stereocenters. The van der Waals surface area contributed by atoms with Crippen molar-refractivity contribution < 1.29 is 17.9 Å². The first-order chi connectivity index (χ1) is 7.42. The summed E-state index contributed by atoms with van der Waals surface area (Å²) in [4.78, 5) is 2.12. The summed E-state index contributed by atoms with van der Waals surface area (Å²) in [6, 6.07) is 3.66. The molecule has 0 aliphatic carbocycles. The van der Waals surface area contributed by atoms with Crippen molar-refractivity contribution >= 4 is 11.3 Å². The lowest BCUT2D eigenvalue weighted by atomic mass is 10.2. The second-order valence-electron chi connectivity index (χ2n) is 3.42. The second-order valence-corrected chi connectivity index (χ2v) is 4.74. The van der Waals surface area contributed by atoms with Crippen molar-refractivity contribution in [1.29, 1.82) is 0 Å². The normalized spacial score (nSPS) is 14.1. The van der Waals surface area contributed by atoms with E-state index in [0.29, 0.717) is 0 Å². The van der Waals surface area contributed by atoms with Crippen LogP contribution in [-0.4, -0.2) is 26.4 Å².